The van der Waals surface area contributed by atoms with E-state index in [4.69, 9.17) is 9.47 Å². The van der Waals surface area contributed by atoms with Crippen molar-refractivity contribution in [3.05, 3.63) is 23.3 Å². The minimum absolute atomic E-state index is 0.0624. The molecular weight excluding hydrogens is 316 g/mol. The van der Waals surface area contributed by atoms with Gasteiger partial charge in [-0.1, -0.05) is 25.0 Å². The van der Waals surface area contributed by atoms with Gasteiger partial charge in [0.1, 0.15) is 6.61 Å². The lowest BCUT2D eigenvalue weighted by Gasteiger charge is -2.56. The van der Waals surface area contributed by atoms with Crippen LogP contribution in [-0.2, 0) is 19.1 Å². The molecule has 25 heavy (non-hydrogen) atoms. The molecule has 0 aromatic carbocycles. The van der Waals surface area contributed by atoms with E-state index in [0.717, 1.165) is 44.1 Å². The van der Waals surface area contributed by atoms with Crippen LogP contribution in [0, 0.1) is 22.7 Å². The molecule has 0 radical (unpaired) electrons. The lowest BCUT2D eigenvalue weighted by atomic mass is 9.47. The third kappa shape index (κ3) is 3.04. The summed E-state index contributed by atoms with van der Waals surface area (Å²) in [6.07, 6.45) is 9.94. The van der Waals surface area contributed by atoms with Crippen molar-refractivity contribution >= 4 is 11.9 Å². The van der Waals surface area contributed by atoms with Gasteiger partial charge < -0.3 is 9.47 Å². The molecule has 1 saturated carbocycles. The number of allylic oxidation sites excluding steroid dienone is 2. The van der Waals surface area contributed by atoms with Crippen LogP contribution in [0.2, 0.25) is 0 Å². The molecule has 0 N–H and O–H groups in total. The molecule has 0 saturated heterocycles. The van der Waals surface area contributed by atoms with E-state index in [0.29, 0.717) is 18.4 Å². The van der Waals surface area contributed by atoms with Crippen molar-refractivity contribution in [2.75, 3.05) is 13.7 Å². The zero-order valence-electron chi connectivity index (χ0n) is 15.9. The summed E-state index contributed by atoms with van der Waals surface area (Å²) in [6.45, 7) is 7.12. The molecule has 0 aromatic rings. The maximum atomic E-state index is 12.6. The van der Waals surface area contributed by atoms with Crippen molar-refractivity contribution in [3.63, 3.8) is 0 Å². The van der Waals surface area contributed by atoms with E-state index in [-0.39, 0.29) is 17.4 Å². The quantitative estimate of drug-likeness (QED) is 0.565. The van der Waals surface area contributed by atoms with Crippen molar-refractivity contribution in [1.29, 1.82) is 0 Å². The minimum atomic E-state index is -0.400. The van der Waals surface area contributed by atoms with E-state index >= 15 is 0 Å². The predicted molar refractivity (Wildman–Crippen MR) is 95.7 cm³/mol. The van der Waals surface area contributed by atoms with Gasteiger partial charge in [0.2, 0.25) is 0 Å². The Hall–Kier alpha value is -1.58. The van der Waals surface area contributed by atoms with E-state index in [1.165, 1.54) is 12.7 Å². The van der Waals surface area contributed by atoms with Crippen molar-refractivity contribution in [3.8, 4) is 0 Å². The van der Waals surface area contributed by atoms with Gasteiger partial charge in [0, 0.05) is 6.08 Å². The van der Waals surface area contributed by atoms with Crippen LogP contribution in [-0.4, -0.2) is 25.7 Å². The van der Waals surface area contributed by atoms with Gasteiger partial charge in [0.15, 0.2) is 0 Å². The molecule has 0 aromatic heterocycles. The Kier molecular flexibility index (Phi) is 4.82. The number of methoxy groups -OCH3 is 1. The van der Waals surface area contributed by atoms with Gasteiger partial charge in [-0.2, -0.15) is 0 Å². The highest BCUT2D eigenvalue weighted by atomic mass is 16.5. The van der Waals surface area contributed by atoms with Gasteiger partial charge in [0.05, 0.1) is 12.5 Å². The van der Waals surface area contributed by atoms with Crippen molar-refractivity contribution in [2.24, 2.45) is 22.7 Å². The van der Waals surface area contributed by atoms with Crippen molar-refractivity contribution < 1.29 is 19.1 Å². The van der Waals surface area contributed by atoms with Crippen LogP contribution < -0.4 is 0 Å². The first-order chi connectivity index (χ1) is 11.8. The molecule has 0 spiro atoms. The Bertz CT molecular complexity index is 632. The second-order valence-electron chi connectivity index (χ2n) is 8.51. The number of cyclic esters (lactones) is 1. The van der Waals surface area contributed by atoms with Crippen LogP contribution >= 0.6 is 0 Å². The highest BCUT2D eigenvalue weighted by Crippen LogP contribution is 2.61. The zero-order chi connectivity index (χ0) is 18.2. The first-order valence-electron chi connectivity index (χ1n) is 9.42. The van der Waals surface area contributed by atoms with Gasteiger partial charge in [0.25, 0.3) is 0 Å². The maximum absolute atomic E-state index is 12.6. The largest absolute Gasteiger partial charge is 0.469 e. The standard InChI is InChI=1S/C21H30O4/c1-14-6-9-17-20(2,10-5-11-21(17,3)19(23)24-4)16(14)8-7-15-12-18(22)25-13-15/h6,12,16-17H,5,7-11,13H2,1-4H3/t16-,17+,20+,21-/m0/s1. The van der Waals surface area contributed by atoms with E-state index in [1.807, 2.05) is 0 Å². The number of carbonyl (C=O) groups excluding carboxylic acids is 2. The molecule has 3 aliphatic rings. The van der Waals surface area contributed by atoms with Gasteiger partial charge in [-0.25, -0.2) is 4.79 Å². The summed E-state index contributed by atoms with van der Waals surface area (Å²) >= 11 is 0. The van der Waals surface area contributed by atoms with E-state index in [2.05, 4.69) is 26.8 Å². The summed E-state index contributed by atoms with van der Waals surface area (Å²) in [5.41, 5.74) is 2.22. The first-order valence-corrected chi connectivity index (χ1v) is 9.42. The third-order valence-electron chi connectivity index (χ3n) is 7.13. The average molecular weight is 346 g/mol. The topological polar surface area (TPSA) is 52.6 Å². The summed E-state index contributed by atoms with van der Waals surface area (Å²) in [4.78, 5) is 23.9. The molecule has 0 unspecified atom stereocenters. The predicted octanol–water partition coefficient (Wildman–Crippen LogP) is 4.20. The fourth-order valence-corrected chi connectivity index (χ4v) is 5.75. The number of rotatable bonds is 4. The summed E-state index contributed by atoms with van der Waals surface area (Å²) in [5.74, 6) is 0.469. The Morgan fingerprint density at radius 2 is 2.12 bits per heavy atom. The fourth-order valence-electron chi connectivity index (χ4n) is 5.75. The number of hydrogen-bond donors (Lipinski definition) is 0. The lowest BCUT2D eigenvalue weighted by molar-refractivity contribution is -0.166. The van der Waals surface area contributed by atoms with Crippen LogP contribution in [0.25, 0.3) is 0 Å². The van der Waals surface area contributed by atoms with Crippen LogP contribution in [0.15, 0.2) is 23.3 Å². The Balaban J connectivity index is 1.84. The van der Waals surface area contributed by atoms with E-state index in [9.17, 15) is 9.59 Å². The first kappa shape index (κ1) is 18.2. The highest BCUT2D eigenvalue weighted by Gasteiger charge is 2.56. The smallest absolute Gasteiger partial charge is 0.331 e. The molecule has 4 atom stereocenters. The number of esters is 2. The second kappa shape index (κ2) is 6.62. The van der Waals surface area contributed by atoms with Gasteiger partial charge in [-0.15, -0.1) is 0 Å². The molecule has 0 bridgehead atoms. The third-order valence-corrected chi connectivity index (χ3v) is 7.13. The summed E-state index contributed by atoms with van der Waals surface area (Å²) in [7, 11) is 1.50. The number of fused-ring (bicyclic) bond motifs is 1. The van der Waals surface area contributed by atoms with Crippen LogP contribution in [0.3, 0.4) is 0 Å². The number of ether oxygens (including phenoxy) is 2. The zero-order valence-corrected chi connectivity index (χ0v) is 15.9. The fraction of sp³-hybridized carbons (Fsp3) is 0.714. The number of carbonyl (C=O) groups is 2. The molecule has 0 amide bonds. The minimum Gasteiger partial charge on any atom is -0.469 e. The van der Waals surface area contributed by atoms with Gasteiger partial charge >= 0.3 is 11.9 Å². The Labute approximate surface area is 150 Å². The monoisotopic (exact) mass is 346 g/mol. The van der Waals surface area contributed by atoms with Crippen LogP contribution in [0.5, 0.6) is 0 Å². The molecule has 1 aliphatic heterocycles. The van der Waals surface area contributed by atoms with Gasteiger partial charge in [-0.3, -0.25) is 4.79 Å². The van der Waals surface area contributed by atoms with Gasteiger partial charge in [-0.05, 0) is 68.8 Å². The highest BCUT2D eigenvalue weighted by molar-refractivity contribution is 5.85. The normalized spacial score (nSPS) is 37.7. The van der Waals surface area contributed by atoms with Crippen LogP contribution in [0.4, 0.5) is 0 Å². The maximum Gasteiger partial charge on any atom is 0.331 e. The van der Waals surface area contributed by atoms with Crippen molar-refractivity contribution in [2.45, 2.75) is 59.3 Å². The Morgan fingerprint density at radius 1 is 1.36 bits per heavy atom. The molecule has 4 heteroatoms. The second-order valence-corrected chi connectivity index (χ2v) is 8.51. The number of hydrogen-bond acceptors (Lipinski definition) is 4. The molecule has 138 valence electrons. The summed E-state index contributed by atoms with van der Waals surface area (Å²) < 4.78 is 10.2. The average Bonchev–Trinajstić information content (AvgIpc) is 2.98. The molecule has 2 aliphatic carbocycles. The molecule has 4 nitrogen and oxygen atoms in total. The van der Waals surface area contributed by atoms with Crippen LogP contribution in [0.1, 0.15) is 59.3 Å². The van der Waals surface area contributed by atoms with E-state index in [1.54, 1.807) is 6.08 Å². The summed E-state index contributed by atoms with van der Waals surface area (Å²) in [6, 6.07) is 0. The van der Waals surface area contributed by atoms with Crippen molar-refractivity contribution in [1.82, 2.24) is 0 Å². The lowest BCUT2D eigenvalue weighted by Crippen LogP contribution is -2.52. The molecule has 1 heterocycles. The molecular formula is C21H30O4. The molecule has 1 fully saturated rings. The Morgan fingerprint density at radius 3 is 2.76 bits per heavy atom. The SMILES string of the molecule is COC(=O)[C@@]1(C)CCC[C@@]2(C)[C@H]1CC=C(C)[C@@H]2CCC1=CC(=O)OC1. The summed E-state index contributed by atoms with van der Waals surface area (Å²) in [5, 5.41) is 0. The van der Waals surface area contributed by atoms with E-state index < -0.39 is 5.41 Å². The molecule has 3 rings (SSSR count).